The van der Waals surface area contributed by atoms with Crippen LogP contribution in [0.3, 0.4) is 0 Å². The third-order valence-corrected chi connectivity index (χ3v) is 10.4. The Bertz CT molecular complexity index is 1380. The van der Waals surface area contributed by atoms with Gasteiger partial charge in [-0.2, -0.15) is 0 Å². The zero-order valence-corrected chi connectivity index (χ0v) is 29.3. The van der Waals surface area contributed by atoms with Crippen LogP contribution in [0.2, 0.25) is 11.5 Å². The Labute approximate surface area is 271 Å². The average Bonchev–Trinajstić information content (AvgIpc) is 3.32. The van der Waals surface area contributed by atoms with Crippen molar-refractivity contribution in [2.24, 2.45) is 0 Å². The fourth-order valence-electron chi connectivity index (χ4n) is 6.27. The molecule has 1 amide bonds. The van der Waals surface area contributed by atoms with Crippen molar-refractivity contribution in [2.45, 2.75) is 127 Å². The molecule has 14 heteroatoms. The van der Waals surface area contributed by atoms with Gasteiger partial charge in [0.2, 0.25) is 0 Å². The molecule has 5 rings (SSSR count). The van der Waals surface area contributed by atoms with Crippen LogP contribution in [0, 0.1) is 5.82 Å². The number of pyridine rings is 1. The predicted octanol–water partition coefficient (Wildman–Crippen LogP) is 7.52. The number of aromatic nitrogens is 3. The van der Waals surface area contributed by atoms with Crippen LogP contribution >= 0.6 is 39.3 Å². The first kappa shape index (κ1) is 33.0. The number of rotatable bonds is 7. The lowest BCUT2D eigenvalue weighted by Crippen LogP contribution is -2.62. The van der Waals surface area contributed by atoms with Gasteiger partial charge in [0.15, 0.2) is 16.1 Å². The van der Waals surface area contributed by atoms with Crippen LogP contribution < -0.4 is 4.90 Å². The van der Waals surface area contributed by atoms with Crippen LogP contribution in [0.5, 0.6) is 0 Å². The Hall–Kier alpha value is -1.41. The molecule has 2 aromatic heterocycles. The van der Waals surface area contributed by atoms with Gasteiger partial charge in [-0.1, -0.05) is 36.7 Å². The molecule has 3 saturated heterocycles. The quantitative estimate of drug-likeness (QED) is 0.126. The zero-order valence-electron chi connectivity index (χ0n) is 26.2. The topological polar surface area (TPSA) is 89.9 Å². The number of halogens is 3. The van der Waals surface area contributed by atoms with Crippen LogP contribution in [0.1, 0.15) is 81.1 Å². The first-order chi connectivity index (χ1) is 20.0. The van der Waals surface area contributed by atoms with E-state index in [0.717, 1.165) is 31.4 Å². The van der Waals surface area contributed by atoms with Gasteiger partial charge in [-0.3, -0.25) is 4.90 Å². The van der Waals surface area contributed by atoms with Gasteiger partial charge in [0.05, 0.1) is 34.7 Å². The summed E-state index contributed by atoms with van der Waals surface area (Å²) < 4.78 is 34.2. The molecule has 5 heterocycles. The Morgan fingerprint density at radius 3 is 2.49 bits per heavy atom. The van der Waals surface area contributed by atoms with E-state index in [-0.39, 0.29) is 42.0 Å². The molecule has 0 N–H and O–H groups in total. The molecule has 2 bridgehead atoms. The molecule has 3 aliphatic rings. The third kappa shape index (κ3) is 6.48. The number of amides is 1. The van der Waals surface area contributed by atoms with E-state index >= 15 is 4.39 Å². The van der Waals surface area contributed by atoms with Crippen molar-refractivity contribution < 1.29 is 23.2 Å². The molecular weight excluding hydrogens is 660 g/mol. The van der Waals surface area contributed by atoms with Crippen LogP contribution in [-0.2, 0) is 14.0 Å². The molecule has 0 saturated carbocycles. The van der Waals surface area contributed by atoms with Gasteiger partial charge >= 0.3 is 13.2 Å². The highest BCUT2D eigenvalue weighted by Crippen LogP contribution is 2.44. The van der Waals surface area contributed by atoms with Crippen molar-refractivity contribution in [3.8, 4) is 0 Å². The van der Waals surface area contributed by atoms with Crippen molar-refractivity contribution in [1.82, 2.24) is 19.9 Å². The van der Waals surface area contributed by atoms with Gasteiger partial charge in [0.25, 0.3) is 0 Å². The Balaban J connectivity index is 1.52. The van der Waals surface area contributed by atoms with Crippen molar-refractivity contribution in [3.05, 3.63) is 15.6 Å². The van der Waals surface area contributed by atoms with Crippen LogP contribution in [0.25, 0.3) is 10.9 Å². The van der Waals surface area contributed by atoms with E-state index in [0.29, 0.717) is 33.8 Å². The lowest BCUT2D eigenvalue weighted by molar-refractivity contribution is 0.00578. The van der Waals surface area contributed by atoms with E-state index in [4.69, 9.17) is 30.6 Å². The number of nitrogens with zero attached hydrogens (tertiary/aromatic N) is 5. The van der Waals surface area contributed by atoms with E-state index in [1.54, 1.807) is 0 Å². The van der Waals surface area contributed by atoms with Crippen molar-refractivity contribution in [1.29, 1.82) is 0 Å². The monoisotopic (exact) mass is 699 g/mol. The summed E-state index contributed by atoms with van der Waals surface area (Å²) in [6.45, 7) is 16.4. The zero-order chi connectivity index (χ0) is 31.5. The summed E-state index contributed by atoms with van der Waals surface area (Å²) in [5, 5.41) is 0.699. The molecule has 3 fully saturated rings. The van der Waals surface area contributed by atoms with Gasteiger partial charge in [-0.25, -0.2) is 24.1 Å². The highest BCUT2D eigenvalue weighted by molar-refractivity contribution is 9.10. The largest absolute Gasteiger partial charge is 0.457 e. The second-order valence-corrected chi connectivity index (χ2v) is 15.9. The maximum atomic E-state index is 15.4. The Morgan fingerprint density at radius 2 is 1.86 bits per heavy atom. The highest BCUT2D eigenvalue weighted by atomic mass is 79.9. The average molecular weight is 701 g/mol. The Morgan fingerprint density at radius 1 is 1.19 bits per heavy atom. The smallest absolute Gasteiger partial charge is 0.444 e. The maximum absolute atomic E-state index is 15.4. The SMILES string of the molecule is CCSc1nc(N2C[C@H]3CC[C@@H]([C@@H]2CCCB2OC(C)(C)C(C)(C)O2)N3C(=O)OC(C)(C)C)c2c(Br)nc(Cl)c(F)c2n1. The van der Waals surface area contributed by atoms with E-state index in [9.17, 15) is 4.79 Å². The number of fused-ring (bicyclic) bond motifs is 3. The fraction of sp³-hybridized carbons (Fsp3) is 0.724. The molecule has 9 nitrogen and oxygen atoms in total. The van der Waals surface area contributed by atoms with E-state index in [2.05, 4.69) is 58.5 Å². The molecule has 0 aromatic carbocycles. The standard InChI is InChI=1S/C29H41BBrClFN5O4S/c1-9-43-25-34-21-19(22(31)35-23(32)20(21)33)24(36-25)37-15-16-12-13-18(38(16)26(39)40-27(2,3)4)17(37)11-10-14-30-41-28(5,6)29(7,8)42-30/h16-18H,9-15H2,1-8H3/t16-,17+,18+/m1/s1. The minimum absolute atomic E-state index is 0.0737. The van der Waals surface area contributed by atoms with Crippen LogP contribution in [0.4, 0.5) is 15.0 Å². The minimum atomic E-state index is -0.672. The normalized spacial score (nSPS) is 24.7. The lowest BCUT2D eigenvalue weighted by atomic mass is 9.81. The van der Waals surface area contributed by atoms with E-state index < -0.39 is 22.6 Å². The first-order valence-corrected chi connectivity index (χ1v) is 17.2. The fourth-order valence-corrected chi connectivity index (χ4v) is 7.66. The number of carbonyl (C=O) groups excluding carboxylic acids is 1. The summed E-state index contributed by atoms with van der Waals surface area (Å²) in [6, 6.07) is -0.296. The number of thioether (sulfide) groups is 1. The molecule has 0 unspecified atom stereocenters. The van der Waals surface area contributed by atoms with E-state index in [1.165, 1.54) is 11.8 Å². The molecule has 0 spiro atoms. The summed E-state index contributed by atoms with van der Waals surface area (Å²) in [6.07, 6.45) is 3.61. The Kier molecular flexibility index (Phi) is 9.26. The van der Waals surface area contributed by atoms with Gasteiger partial charge in [-0.05, 0) is 95.7 Å². The van der Waals surface area contributed by atoms with Crippen molar-refractivity contribution in [3.63, 3.8) is 0 Å². The molecule has 236 valence electrons. The second kappa shape index (κ2) is 12.1. The van der Waals surface area contributed by atoms with Gasteiger partial charge in [-0.15, -0.1) is 0 Å². The number of anilines is 1. The van der Waals surface area contributed by atoms with Gasteiger partial charge < -0.3 is 18.9 Å². The molecule has 2 aromatic rings. The van der Waals surface area contributed by atoms with Crippen molar-refractivity contribution >= 4 is 69.2 Å². The molecule has 43 heavy (non-hydrogen) atoms. The van der Waals surface area contributed by atoms with E-state index in [1.807, 2.05) is 32.6 Å². The number of carbonyl (C=O) groups is 1. The number of ether oxygens (including phenoxy) is 1. The summed E-state index contributed by atoms with van der Waals surface area (Å²) >= 11 is 11.1. The number of hydrogen-bond acceptors (Lipinski definition) is 9. The number of piperazine rings is 1. The van der Waals surface area contributed by atoms with Gasteiger partial charge in [0.1, 0.15) is 21.5 Å². The predicted molar refractivity (Wildman–Crippen MR) is 173 cm³/mol. The van der Waals surface area contributed by atoms with Crippen LogP contribution in [-0.4, -0.2) is 80.3 Å². The molecule has 3 aliphatic heterocycles. The lowest BCUT2D eigenvalue weighted by Gasteiger charge is -2.48. The summed E-state index contributed by atoms with van der Waals surface area (Å²) in [5.41, 5.74) is -1.29. The third-order valence-electron chi connectivity index (χ3n) is 8.85. The summed E-state index contributed by atoms with van der Waals surface area (Å²) in [7, 11) is -0.317. The summed E-state index contributed by atoms with van der Waals surface area (Å²) in [5.74, 6) is 0.647. The molecular formula is C29H41BBrClFN5O4S. The number of hydrogen-bond donors (Lipinski definition) is 0. The summed E-state index contributed by atoms with van der Waals surface area (Å²) in [4.78, 5) is 31.4. The molecule has 3 atom stereocenters. The van der Waals surface area contributed by atoms with Crippen molar-refractivity contribution in [2.75, 3.05) is 17.2 Å². The first-order valence-electron chi connectivity index (χ1n) is 15.0. The van der Waals surface area contributed by atoms with Crippen LogP contribution in [0.15, 0.2) is 9.76 Å². The maximum Gasteiger partial charge on any atom is 0.457 e. The van der Waals surface area contributed by atoms with Gasteiger partial charge in [0, 0.05) is 6.54 Å². The molecule has 0 aliphatic carbocycles. The highest BCUT2D eigenvalue weighted by Gasteiger charge is 2.52. The molecule has 0 radical (unpaired) electrons. The minimum Gasteiger partial charge on any atom is -0.444 e. The second-order valence-electron chi connectivity index (χ2n) is 13.5.